The molecule has 1 aliphatic rings. The normalized spacial score (nSPS) is 18.9. The summed E-state index contributed by atoms with van der Waals surface area (Å²) in [5.74, 6) is 1.51. The molecule has 17 heavy (non-hydrogen) atoms. The summed E-state index contributed by atoms with van der Waals surface area (Å²) in [5, 5.41) is 0. The minimum absolute atomic E-state index is 0.549. The number of nitrogens with zero attached hydrogens (tertiary/aromatic N) is 1. The van der Waals surface area contributed by atoms with E-state index in [2.05, 4.69) is 11.8 Å². The zero-order chi connectivity index (χ0) is 11.9. The number of rotatable bonds is 5. The van der Waals surface area contributed by atoms with Gasteiger partial charge in [-0.3, -0.25) is 4.90 Å². The van der Waals surface area contributed by atoms with Crippen molar-refractivity contribution in [3.8, 4) is 5.75 Å². The second kappa shape index (κ2) is 6.62. The molecule has 0 N–H and O–H groups in total. The van der Waals surface area contributed by atoms with Gasteiger partial charge in [-0.05, 0) is 12.1 Å². The van der Waals surface area contributed by atoms with Crippen molar-refractivity contribution in [2.24, 2.45) is 5.92 Å². The van der Waals surface area contributed by atoms with Crippen molar-refractivity contribution >= 4 is 0 Å². The van der Waals surface area contributed by atoms with Crippen molar-refractivity contribution < 1.29 is 9.47 Å². The Hall–Kier alpha value is -1.06. The second-order valence-electron chi connectivity index (χ2n) is 4.64. The van der Waals surface area contributed by atoms with Gasteiger partial charge in [0, 0.05) is 25.6 Å². The van der Waals surface area contributed by atoms with Crippen LogP contribution in [0.2, 0.25) is 0 Å². The maximum atomic E-state index is 5.75. The maximum absolute atomic E-state index is 5.75. The molecule has 1 aliphatic heterocycles. The lowest BCUT2D eigenvalue weighted by molar-refractivity contribution is 0.0283. The number of ether oxygens (including phenoxy) is 2. The van der Waals surface area contributed by atoms with Crippen LogP contribution in [0.25, 0.3) is 0 Å². The molecule has 0 bridgehead atoms. The molecule has 0 spiro atoms. The lowest BCUT2D eigenvalue weighted by atomic mass is 10.2. The second-order valence-corrected chi connectivity index (χ2v) is 4.64. The van der Waals surface area contributed by atoms with E-state index in [0.29, 0.717) is 5.92 Å². The Balaban J connectivity index is 1.68. The van der Waals surface area contributed by atoms with Crippen molar-refractivity contribution in [1.29, 1.82) is 0 Å². The molecule has 1 aromatic rings. The van der Waals surface area contributed by atoms with E-state index in [0.717, 1.165) is 45.2 Å². The van der Waals surface area contributed by atoms with E-state index < -0.39 is 0 Å². The van der Waals surface area contributed by atoms with Gasteiger partial charge in [-0.1, -0.05) is 25.1 Å². The molecule has 1 atom stereocenters. The molecule has 2 rings (SSSR count). The van der Waals surface area contributed by atoms with Crippen LogP contribution in [0.15, 0.2) is 30.3 Å². The van der Waals surface area contributed by atoms with E-state index in [4.69, 9.17) is 9.47 Å². The number of hydrogen-bond donors (Lipinski definition) is 0. The molecule has 0 aliphatic carbocycles. The van der Waals surface area contributed by atoms with Crippen LogP contribution in [0.1, 0.15) is 6.92 Å². The highest BCUT2D eigenvalue weighted by Gasteiger charge is 2.13. The van der Waals surface area contributed by atoms with Crippen LogP contribution in [-0.4, -0.2) is 44.4 Å². The summed E-state index contributed by atoms with van der Waals surface area (Å²) >= 11 is 0. The van der Waals surface area contributed by atoms with Gasteiger partial charge >= 0.3 is 0 Å². The Kier molecular flexibility index (Phi) is 4.83. The highest BCUT2D eigenvalue weighted by atomic mass is 16.5. The molecule has 0 amide bonds. The van der Waals surface area contributed by atoms with E-state index in [1.807, 2.05) is 30.3 Å². The van der Waals surface area contributed by atoms with Crippen molar-refractivity contribution in [2.45, 2.75) is 6.92 Å². The van der Waals surface area contributed by atoms with Crippen LogP contribution in [0.4, 0.5) is 0 Å². The van der Waals surface area contributed by atoms with Crippen LogP contribution in [0, 0.1) is 5.92 Å². The summed E-state index contributed by atoms with van der Waals surface area (Å²) in [6.07, 6.45) is 0. The van der Waals surface area contributed by atoms with Crippen LogP contribution in [0.3, 0.4) is 0 Å². The third kappa shape index (κ3) is 4.36. The fourth-order valence-electron chi connectivity index (χ4n) is 2.03. The fraction of sp³-hybridized carbons (Fsp3) is 0.571. The maximum Gasteiger partial charge on any atom is 0.119 e. The van der Waals surface area contributed by atoms with Crippen LogP contribution in [0.5, 0.6) is 5.75 Å². The monoisotopic (exact) mass is 235 g/mol. The molecule has 1 aromatic carbocycles. The molecule has 1 heterocycles. The summed E-state index contributed by atoms with van der Waals surface area (Å²) in [6.45, 7) is 7.94. The van der Waals surface area contributed by atoms with Crippen molar-refractivity contribution in [1.82, 2.24) is 4.90 Å². The summed E-state index contributed by atoms with van der Waals surface area (Å²) in [5.41, 5.74) is 0. The fourth-order valence-corrected chi connectivity index (χ4v) is 2.03. The quantitative estimate of drug-likeness (QED) is 0.779. The summed E-state index contributed by atoms with van der Waals surface area (Å²) in [4.78, 5) is 2.45. The molecular formula is C14H21NO2. The SMILES string of the molecule is CC(COc1ccccc1)CN1CCOCC1. The first-order chi connectivity index (χ1) is 8.34. The van der Waals surface area contributed by atoms with Gasteiger partial charge in [-0.2, -0.15) is 0 Å². The van der Waals surface area contributed by atoms with Crippen LogP contribution in [-0.2, 0) is 4.74 Å². The Morgan fingerprint density at radius 1 is 1.24 bits per heavy atom. The Morgan fingerprint density at radius 3 is 2.65 bits per heavy atom. The average Bonchev–Trinajstić information content (AvgIpc) is 2.39. The molecule has 0 saturated carbocycles. The smallest absolute Gasteiger partial charge is 0.119 e. The third-order valence-electron chi connectivity index (χ3n) is 2.95. The molecular weight excluding hydrogens is 214 g/mol. The molecule has 3 nitrogen and oxygen atoms in total. The van der Waals surface area contributed by atoms with Gasteiger partial charge in [0.2, 0.25) is 0 Å². The lowest BCUT2D eigenvalue weighted by Gasteiger charge is -2.29. The summed E-state index contributed by atoms with van der Waals surface area (Å²) in [6, 6.07) is 10.0. The Labute approximate surface area is 103 Å². The first-order valence-electron chi connectivity index (χ1n) is 6.32. The van der Waals surface area contributed by atoms with Gasteiger partial charge in [-0.25, -0.2) is 0 Å². The summed E-state index contributed by atoms with van der Waals surface area (Å²) < 4.78 is 11.1. The number of morpholine rings is 1. The van der Waals surface area contributed by atoms with E-state index in [9.17, 15) is 0 Å². The van der Waals surface area contributed by atoms with Gasteiger partial charge in [0.25, 0.3) is 0 Å². The van der Waals surface area contributed by atoms with E-state index in [-0.39, 0.29) is 0 Å². The molecule has 1 saturated heterocycles. The van der Waals surface area contributed by atoms with E-state index >= 15 is 0 Å². The van der Waals surface area contributed by atoms with Crippen LogP contribution >= 0.6 is 0 Å². The zero-order valence-corrected chi connectivity index (χ0v) is 10.5. The Morgan fingerprint density at radius 2 is 1.94 bits per heavy atom. The number of hydrogen-bond acceptors (Lipinski definition) is 3. The predicted molar refractivity (Wildman–Crippen MR) is 68.4 cm³/mol. The molecule has 1 unspecified atom stereocenters. The van der Waals surface area contributed by atoms with Gasteiger partial charge < -0.3 is 9.47 Å². The topological polar surface area (TPSA) is 21.7 Å². The first kappa shape index (κ1) is 12.4. The molecule has 1 fully saturated rings. The van der Waals surface area contributed by atoms with Crippen molar-refractivity contribution in [3.63, 3.8) is 0 Å². The third-order valence-corrected chi connectivity index (χ3v) is 2.95. The van der Waals surface area contributed by atoms with Gasteiger partial charge in [0.1, 0.15) is 5.75 Å². The lowest BCUT2D eigenvalue weighted by Crippen LogP contribution is -2.39. The van der Waals surface area contributed by atoms with Gasteiger partial charge in [0.15, 0.2) is 0 Å². The summed E-state index contributed by atoms with van der Waals surface area (Å²) in [7, 11) is 0. The molecule has 0 aromatic heterocycles. The molecule has 3 heteroatoms. The van der Waals surface area contributed by atoms with E-state index in [1.165, 1.54) is 0 Å². The minimum Gasteiger partial charge on any atom is -0.493 e. The van der Waals surface area contributed by atoms with Gasteiger partial charge in [0.05, 0.1) is 19.8 Å². The van der Waals surface area contributed by atoms with Crippen molar-refractivity contribution in [2.75, 3.05) is 39.5 Å². The predicted octanol–water partition coefficient (Wildman–Crippen LogP) is 2.03. The minimum atomic E-state index is 0.549. The number of para-hydroxylation sites is 1. The van der Waals surface area contributed by atoms with Crippen LogP contribution < -0.4 is 4.74 Å². The van der Waals surface area contributed by atoms with Crippen molar-refractivity contribution in [3.05, 3.63) is 30.3 Å². The molecule has 0 radical (unpaired) electrons. The average molecular weight is 235 g/mol. The number of benzene rings is 1. The highest BCUT2D eigenvalue weighted by molar-refractivity contribution is 5.20. The largest absolute Gasteiger partial charge is 0.493 e. The van der Waals surface area contributed by atoms with Gasteiger partial charge in [-0.15, -0.1) is 0 Å². The standard InChI is InChI=1S/C14H21NO2/c1-13(11-15-7-9-16-10-8-15)12-17-14-5-3-2-4-6-14/h2-6,13H,7-12H2,1H3. The highest BCUT2D eigenvalue weighted by Crippen LogP contribution is 2.11. The first-order valence-corrected chi connectivity index (χ1v) is 6.32. The van der Waals surface area contributed by atoms with E-state index in [1.54, 1.807) is 0 Å². The molecule has 94 valence electrons. The zero-order valence-electron chi connectivity index (χ0n) is 10.5. The Bertz CT molecular complexity index is 309.